The van der Waals surface area contributed by atoms with Crippen molar-refractivity contribution < 1.29 is 4.92 Å². The van der Waals surface area contributed by atoms with Crippen LogP contribution in [-0.4, -0.2) is 9.91 Å². The lowest BCUT2D eigenvalue weighted by Crippen LogP contribution is -2.01. The van der Waals surface area contributed by atoms with E-state index < -0.39 is 4.92 Å². The molecule has 2 aromatic rings. The van der Waals surface area contributed by atoms with E-state index in [1.165, 1.54) is 6.07 Å². The number of anilines is 1. The van der Waals surface area contributed by atoms with Crippen LogP contribution >= 0.6 is 22.9 Å². The highest BCUT2D eigenvalue weighted by Gasteiger charge is 2.14. The van der Waals surface area contributed by atoms with Crippen molar-refractivity contribution in [1.82, 2.24) is 4.98 Å². The van der Waals surface area contributed by atoms with Gasteiger partial charge in [-0.05, 0) is 18.6 Å². The number of nitrogens with one attached hydrogen (secondary N) is 1. The van der Waals surface area contributed by atoms with Crippen molar-refractivity contribution in [1.29, 1.82) is 0 Å². The summed E-state index contributed by atoms with van der Waals surface area (Å²) in [5, 5.41) is 15.4. The van der Waals surface area contributed by atoms with Crippen molar-refractivity contribution in [2.75, 3.05) is 5.32 Å². The fraction of sp³-hybridized carbons (Fsp3) is 0.250. The van der Waals surface area contributed by atoms with Crippen LogP contribution in [0.4, 0.5) is 11.4 Å². The summed E-state index contributed by atoms with van der Waals surface area (Å²) in [6.45, 7) is 2.56. The van der Waals surface area contributed by atoms with Crippen molar-refractivity contribution in [2.24, 2.45) is 0 Å². The van der Waals surface area contributed by atoms with Gasteiger partial charge in [0.1, 0.15) is 5.69 Å². The Labute approximate surface area is 119 Å². The molecular formula is C12H12ClN3O2S. The quantitative estimate of drug-likeness (QED) is 0.672. The van der Waals surface area contributed by atoms with Gasteiger partial charge in [-0.15, -0.1) is 11.3 Å². The maximum absolute atomic E-state index is 10.9. The van der Waals surface area contributed by atoms with Crippen LogP contribution in [0.5, 0.6) is 0 Å². The average Bonchev–Trinajstić information content (AvgIpc) is 2.85. The summed E-state index contributed by atoms with van der Waals surface area (Å²) >= 11 is 7.36. The predicted octanol–water partition coefficient (Wildman–Crippen LogP) is 3.88. The number of aromatic nitrogens is 1. The maximum Gasteiger partial charge on any atom is 0.293 e. The molecule has 0 saturated heterocycles. The van der Waals surface area contributed by atoms with Gasteiger partial charge in [-0.25, -0.2) is 4.98 Å². The monoisotopic (exact) mass is 297 g/mol. The highest BCUT2D eigenvalue weighted by molar-refractivity contribution is 7.11. The third kappa shape index (κ3) is 3.42. The van der Waals surface area contributed by atoms with Gasteiger partial charge in [-0.3, -0.25) is 10.1 Å². The highest BCUT2D eigenvalue weighted by Crippen LogP contribution is 2.28. The number of aryl methyl sites for hydroxylation is 1. The second-order valence-corrected chi connectivity index (χ2v) is 5.48. The zero-order valence-corrected chi connectivity index (χ0v) is 11.8. The number of rotatable bonds is 5. The number of nitrogens with zero attached hydrogens (tertiary/aromatic N) is 2. The summed E-state index contributed by atoms with van der Waals surface area (Å²) in [6, 6.07) is 4.58. The molecule has 1 aromatic heterocycles. The van der Waals surface area contributed by atoms with Crippen LogP contribution in [0, 0.1) is 10.1 Å². The van der Waals surface area contributed by atoms with E-state index in [0.29, 0.717) is 17.3 Å². The first-order chi connectivity index (χ1) is 9.10. The Morgan fingerprint density at radius 1 is 1.53 bits per heavy atom. The Kier molecular flexibility index (Phi) is 4.34. The lowest BCUT2D eigenvalue weighted by atomic mass is 10.2. The third-order valence-corrected chi connectivity index (χ3v) is 3.89. The molecule has 0 unspecified atom stereocenters. The summed E-state index contributed by atoms with van der Waals surface area (Å²) in [5.41, 5.74) is 0.438. The van der Waals surface area contributed by atoms with E-state index >= 15 is 0 Å². The zero-order valence-electron chi connectivity index (χ0n) is 10.2. The fourth-order valence-corrected chi connectivity index (χ4v) is 2.55. The lowest BCUT2D eigenvalue weighted by molar-refractivity contribution is -0.383. The molecule has 0 amide bonds. The van der Waals surface area contributed by atoms with Gasteiger partial charge in [0.2, 0.25) is 0 Å². The van der Waals surface area contributed by atoms with Crippen molar-refractivity contribution in [3.63, 3.8) is 0 Å². The predicted molar refractivity (Wildman–Crippen MR) is 76.9 cm³/mol. The molecule has 1 N–H and O–H groups in total. The molecule has 19 heavy (non-hydrogen) atoms. The molecule has 0 aliphatic heterocycles. The van der Waals surface area contributed by atoms with E-state index in [2.05, 4.69) is 10.3 Å². The normalized spacial score (nSPS) is 10.4. The van der Waals surface area contributed by atoms with Crippen LogP contribution in [-0.2, 0) is 13.0 Å². The summed E-state index contributed by atoms with van der Waals surface area (Å²) < 4.78 is 0. The molecule has 0 fully saturated rings. The number of halogens is 1. The molecule has 0 radical (unpaired) electrons. The van der Waals surface area contributed by atoms with Crippen LogP contribution in [0.25, 0.3) is 0 Å². The van der Waals surface area contributed by atoms with E-state index in [4.69, 9.17) is 11.6 Å². The number of nitro benzene ring substituents is 1. The van der Waals surface area contributed by atoms with E-state index in [0.717, 1.165) is 16.3 Å². The minimum Gasteiger partial charge on any atom is -0.375 e. The van der Waals surface area contributed by atoms with Crippen LogP contribution in [0.1, 0.15) is 16.8 Å². The maximum atomic E-state index is 10.9. The molecule has 1 heterocycles. The first-order valence-electron chi connectivity index (χ1n) is 5.71. The van der Waals surface area contributed by atoms with E-state index in [-0.39, 0.29) is 5.69 Å². The van der Waals surface area contributed by atoms with Crippen molar-refractivity contribution in [2.45, 2.75) is 19.9 Å². The standard InChI is InChI=1S/C12H12ClN3O2S/c1-2-12-15-7-9(19-12)6-14-10-4-3-8(13)5-11(10)16(17)18/h3-5,7,14H,2,6H2,1H3. The van der Waals surface area contributed by atoms with E-state index in [9.17, 15) is 10.1 Å². The zero-order chi connectivity index (χ0) is 13.8. The summed E-state index contributed by atoms with van der Waals surface area (Å²) in [7, 11) is 0. The van der Waals surface area contributed by atoms with Gasteiger partial charge in [0.15, 0.2) is 0 Å². The first-order valence-corrected chi connectivity index (χ1v) is 6.91. The van der Waals surface area contributed by atoms with Crippen LogP contribution in [0.2, 0.25) is 5.02 Å². The van der Waals surface area contributed by atoms with Crippen LogP contribution < -0.4 is 5.32 Å². The Balaban J connectivity index is 2.12. The minimum absolute atomic E-state index is 0.0206. The van der Waals surface area contributed by atoms with Gasteiger partial charge < -0.3 is 5.32 Å². The molecular weight excluding hydrogens is 286 g/mol. The van der Waals surface area contributed by atoms with Crippen LogP contribution in [0.3, 0.4) is 0 Å². The Bertz CT molecular complexity index is 600. The smallest absolute Gasteiger partial charge is 0.293 e. The average molecular weight is 298 g/mol. The highest BCUT2D eigenvalue weighted by atomic mass is 35.5. The lowest BCUT2D eigenvalue weighted by Gasteiger charge is -2.05. The third-order valence-electron chi connectivity index (χ3n) is 2.51. The molecule has 5 nitrogen and oxygen atoms in total. The number of thiazole rings is 1. The Morgan fingerprint density at radius 2 is 2.32 bits per heavy atom. The molecule has 0 spiro atoms. The molecule has 2 rings (SSSR count). The van der Waals surface area contributed by atoms with Gasteiger partial charge in [0.25, 0.3) is 5.69 Å². The van der Waals surface area contributed by atoms with Crippen molar-refractivity contribution in [3.05, 3.63) is 49.4 Å². The summed E-state index contributed by atoms with van der Waals surface area (Å²) in [6.07, 6.45) is 2.68. The molecule has 0 saturated carbocycles. The topological polar surface area (TPSA) is 68.1 Å². The Hall–Kier alpha value is -1.66. The minimum atomic E-state index is -0.446. The van der Waals surface area contributed by atoms with Gasteiger partial charge in [-0.1, -0.05) is 18.5 Å². The summed E-state index contributed by atoms with van der Waals surface area (Å²) in [5.74, 6) is 0. The van der Waals surface area contributed by atoms with E-state index in [1.807, 2.05) is 6.92 Å². The SMILES string of the molecule is CCc1ncc(CNc2ccc(Cl)cc2[N+](=O)[O-])s1. The van der Waals surface area contributed by atoms with Crippen LogP contribution in [0.15, 0.2) is 24.4 Å². The van der Waals surface area contributed by atoms with Crippen molar-refractivity contribution >= 4 is 34.3 Å². The van der Waals surface area contributed by atoms with Crippen molar-refractivity contribution in [3.8, 4) is 0 Å². The molecule has 0 bridgehead atoms. The molecule has 0 aliphatic rings. The molecule has 0 aliphatic carbocycles. The first kappa shape index (κ1) is 13.8. The van der Waals surface area contributed by atoms with Gasteiger partial charge >= 0.3 is 0 Å². The molecule has 0 atom stereocenters. The molecule has 100 valence electrons. The number of hydrogen-bond donors (Lipinski definition) is 1. The number of hydrogen-bond acceptors (Lipinski definition) is 5. The largest absolute Gasteiger partial charge is 0.375 e. The van der Waals surface area contributed by atoms with Gasteiger partial charge in [-0.2, -0.15) is 0 Å². The van der Waals surface area contributed by atoms with Gasteiger partial charge in [0, 0.05) is 22.2 Å². The Morgan fingerprint density at radius 3 is 2.95 bits per heavy atom. The fourth-order valence-electron chi connectivity index (χ4n) is 1.58. The molecule has 1 aromatic carbocycles. The number of benzene rings is 1. The molecule has 7 heteroatoms. The number of nitro groups is 1. The van der Waals surface area contributed by atoms with E-state index in [1.54, 1.807) is 29.7 Å². The second kappa shape index (κ2) is 5.99. The second-order valence-electron chi connectivity index (χ2n) is 3.85. The van der Waals surface area contributed by atoms with Gasteiger partial charge in [0.05, 0.1) is 16.5 Å². The summed E-state index contributed by atoms with van der Waals surface area (Å²) in [4.78, 5) is 15.8.